The molecule has 1 fully saturated rings. The molecule has 2 rings (SSSR count). The summed E-state index contributed by atoms with van der Waals surface area (Å²) in [5.41, 5.74) is 7.98. The number of hydrogen-bond donors (Lipinski definition) is 1. The minimum atomic E-state index is 0.737. The van der Waals surface area contributed by atoms with E-state index in [9.17, 15) is 0 Å². The third-order valence-electron chi connectivity index (χ3n) is 3.70. The maximum Gasteiger partial charge on any atom is 0.0316 e. The van der Waals surface area contributed by atoms with Gasteiger partial charge in [0.25, 0.3) is 0 Å². The lowest BCUT2D eigenvalue weighted by Gasteiger charge is -2.24. The molecule has 0 heterocycles. The average molecular weight is 218 g/mol. The van der Waals surface area contributed by atoms with E-state index in [-0.39, 0.29) is 0 Å². The first-order chi connectivity index (χ1) is 7.66. The minimum absolute atomic E-state index is 0.737. The van der Waals surface area contributed by atoms with Crippen LogP contribution >= 0.6 is 0 Å². The minimum Gasteiger partial charge on any atom is -0.399 e. The van der Waals surface area contributed by atoms with Gasteiger partial charge in [0, 0.05) is 18.3 Å². The Morgan fingerprint density at radius 1 is 1.44 bits per heavy atom. The summed E-state index contributed by atoms with van der Waals surface area (Å²) in [6, 6.07) is 8.96. The monoisotopic (exact) mass is 218 g/mol. The van der Waals surface area contributed by atoms with E-state index < -0.39 is 0 Å². The topological polar surface area (TPSA) is 29.3 Å². The van der Waals surface area contributed by atoms with Crippen molar-refractivity contribution < 1.29 is 0 Å². The molecule has 88 valence electrons. The second kappa shape index (κ2) is 4.88. The van der Waals surface area contributed by atoms with Crippen LogP contribution in [0.2, 0.25) is 0 Å². The number of likely N-dealkylation sites (N-methyl/N-ethyl adjacent to an activating group) is 1. The van der Waals surface area contributed by atoms with E-state index in [4.69, 9.17) is 5.73 Å². The zero-order valence-corrected chi connectivity index (χ0v) is 10.3. The molecule has 0 amide bonds. The highest BCUT2D eigenvalue weighted by molar-refractivity contribution is 5.40. The van der Waals surface area contributed by atoms with Crippen molar-refractivity contribution in [2.75, 3.05) is 19.3 Å². The summed E-state index contributed by atoms with van der Waals surface area (Å²) >= 11 is 0. The number of nitrogen functional groups attached to an aromatic ring is 1. The van der Waals surface area contributed by atoms with Crippen molar-refractivity contribution in [2.45, 2.75) is 32.2 Å². The van der Waals surface area contributed by atoms with Crippen LogP contribution in [0.4, 0.5) is 5.69 Å². The number of hydrogen-bond acceptors (Lipinski definition) is 2. The Balaban J connectivity index is 1.82. The number of nitrogens with zero attached hydrogens (tertiary/aromatic N) is 1. The van der Waals surface area contributed by atoms with E-state index in [1.54, 1.807) is 0 Å². The molecule has 1 aromatic rings. The lowest BCUT2D eigenvalue weighted by molar-refractivity contribution is 0.237. The van der Waals surface area contributed by atoms with Crippen LogP contribution in [0.1, 0.15) is 25.3 Å². The summed E-state index contributed by atoms with van der Waals surface area (Å²) in [5.74, 6) is 0.950. The van der Waals surface area contributed by atoms with Gasteiger partial charge >= 0.3 is 0 Å². The second-order valence-corrected chi connectivity index (χ2v) is 5.05. The first-order valence-electron chi connectivity index (χ1n) is 6.21. The van der Waals surface area contributed by atoms with Crippen molar-refractivity contribution in [2.24, 2.45) is 5.92 Å². The molecule has 1 aliphatic rings. The SMILES string of the molecule is CC(C1CC1)N(C)CCc1cccc(N)c1. The summed E-state index contributed by atoms with van der Waals surface area (Å²) in [6.45, 7) is 3.47. The van der Waals surface area contributed by atoms with Gasteiger partial charge in [0.15, 0.2) is 0 Å². The molecule has 1 aliphatic carbocycles. The fraction of sp³-hybridized carbons (Fsp3) is 0.571. The predicted octanol–water partition coefficient (Wildman–Crippen LogP) is 2.54. The zero-order chi connectivity index (χ0) is 11.5. The predicted molar refractivity (Wildman–Crippen MR) is 69.4 cm³/mol. The Hall–Kier alpha value is -1.02. The lowest BCUT2D eigenvalue weighted by Crippen LogP contribution is -2.32. The van der Waals surface area contributed by atoms with Gasteiger partial charge in [0.1, 0.15) is 0 Å². The fourth-order valence-electron chi connectivity index (χ4n) is 2.20. The van der Waals surface area contributed by atoms with Gasteiger partial charge in [-0.1, -0.05) is 12.1 Å². The Morgan fingerprint density at radius 2 is 2.19 bits per heavy atom. The van der Waals surface area contributed by atoms with Crippen molar-refractivity contribution in [3.63, 3.8) is 0 Å². The molecule has 0 aromatic heterocycles. The van der Waals surface area contributed by atoms with Gasteiger partial charge in [0.05, 0.1) is 0 Å². The fourth-order valence-corrected chi connectivity index (χ4v) is 2.20. The van der Waals surface area contributed by atoms with Crippen LogP contribution in [0, 0.1) is 5.92 Å². The maximum absolute atomic E-state index is 5.77. The zero-order valence-electron chi connectivity index (χ0n) is 10.3. The van der Waals surface area contributed by atoms with Crippen LogP contribution in [0.15, 0.2) is 24.3 Å². The van der Waals surface area contributed by atoms with Crippen LogP contribution in [0.25, 0.3) is 0 Å². The van der Waals surface area contributed by atoms with Gasteiger partial charge in [0.2, 0.25) is 0 Å². The first kappa shape index (κ1) is 11.5. The molecule has 2 N–H and O–H groups in total. The molecule has 16 heavy (non-hydrogen) atoms. The van der Waals surface area contributed by atoms with Crippen LogP contribution in [0.5, 0.6) is 0 Å². The lowest BCUT2D eigenvalue weighted by atomic mass is 10.1. The van der Waals surface area contributed by atoms with Crippen molar-refractivity contribution in [3.05, 3.63) is 29.8 Å². The summed E-state index contributed by atoms with van der Waals surface area (Å²) in [4.78, 5) is 2.47. The van der Waals surface area contributed by atoms with Gasteiger partial charge in [-0.25, -0.2) is 0 Å². The molecule has 0 bridgehead atoms. The van der Waals surface area contributed by atoms with Crippen LogP contribution in [-0.2, 0) is 6.42 Å². The van der Waals surface area contributed by atoms with Crippen molar-refractivity contribution in [1.29, 1.82) is 0 Å². The molecule has 2 heteroatoms. The van der Waals surface area contributed by atoms with E-state index in [0.29, 0.717) is 0 Å². The van der Waals surface area contributed by atoms with E-state index in [2.05, 4.69) is 31.0 Å². The van der Waals surface area contributed by atoms with Crippen molar-refractivity contribution in [1.82, 2.24) is 4.90 Å². The Kier molecular flexibility index (Phi) is 3.49. The van der Waals surface area contributed by atoms with E-state index >= 15 is 0 Å². The smallest absolute Gasteiger partial charge is 0.0316 e. The number of anilines is 1. The molecule has 0 aliphatic heterocycles. The van der Waals surface area contributed by atoms with Crippen molar-refractivity contribution >= 4 is 5.69 Å². The summed E-state index contributed by atoms with van der Waals surface area (Å²) in [5, 5.41) is 0. The molecule has 0 spiro atoms. The first-order valence-corrected chi connectivity index (χ1v) is 6.21. The third-order valence-corrected chi connectivity index (χ3v) is 3.70. The molecule has 1 saturated carbocycles. The Labute approximate surface area is 98.4 Å². The molecular formula is C14H22N2. The van der Waals surface area contributed by atoms with E-state index in [1.165, 1.54) is 18.4 Å². The summed E-state index contributed by atoms with van der Waals surface area (Å²) < 4.78 is 0. The summed E-state index contributed by atoms with van der Waals surface area (Å²) in [6.07, 6.45) is 3.94. The Bertz CT molecular complexity index is 344. The molecule has 0 saturated heterocycles. The van der Waals surface area contributed by atoms with Gasteiger partial charge in [-0.05, 0) is 56.8 Å². The maximum atomic E-state index is 5.77. The van der Waals surface area contributed by atoms with Gasteiger partial charge in [-0.2, -0.15) is 0 Å². The number of rotatable bonds is 5. The standard InChI is InChI=1S/C14H22N2/c1-11(13-6-7-13)16(2)9-8-12-4-3-5-14(15)10-12/h3-5,10-11,13H,6-9,15H2,1-2H3. The third kappa shape index (κ3) is 2.99. The van der Waals surface area contributed by atoms with Crippen LogP contribution in [-0.4, -0.2) is 24.5 Å². The van der Waals surface area contributed by atoms with Crippen molar-refractivity contribution in [3.8, 4) is 0 Å². The summed E-state index contributed by atoms with van der Waals surface area (Å²) in [7, 11) is 2.23. The molecule has 1 aromatic carbocycles. The number of benzene rings is 1. The van der Waals surface area contributed by atoms with Gasteiger partial charge in [-0.15, -0.1) is 0 Å². The molecule has 2 nitrogen and oxygen atoms in total. The average Bonchev–Trinajstić information content (AvgIpc) is 3.09. The molecule has 0 radical (unpaired) electrons. The molecular weight excluding hydrogens is 196 g/mol. The normalized spacial score (nSPS) is 17.7. The largest absolute Gasteiger partial charge is 0.399 e. The molecule has 1 unspecified atom stereocenters. The van der Waals surface area contributed by atoms with Crippen LogP contribution < -0.4 is 5.73 Å². The van der Waals surface area contributed by atoms with Crippen LogP contribution in [0.3, 0.4) is 0 Å². The highest BCUT2D eigenvalue weighted by atomic mass is 15.1. The second-order valence-electron chi connectivity index (χ2n) is 5.05. The quantitative estimate of drug-likeness (QED) is 0.770. The van der Waals surface area contributed by atoms with Gasteiger partial charge in [-0.3, -0.25) is 0 Å². The molecule has 1 atom stereocenters. The van der Waals surface area contributed by atoms with Gasteiger partial charge < -0.3 is 10.6 Å². The highest BCUT2D eigenvalue weighted by Crippen LogP contribution is 2.34. The van der Waals surface area contributed by atoms with E-state index in [0.717, 1.165) is 30.6 Å². The number of nitrogens with two attached hydrogens (primary N) is 1. The highest BCUT2D eigenvalue weighted by Gasteiger charge is 2.29. The Morgan fingerprint density at radius 3 is 2.81 bits per heavy atom. The van der Waals surface area contributed by atoms with E-state index in [1.807, 2.05) is 12.1 Å².